The first-order chi connectivity index (χ1) is 55.9. The lowest BCUT2D eigenvalue weighted by Gasteiger charge is -2.40. The maximum Gasteiger partial charge on any atom is 0.182 e. The molecule has 0 unspecified atom stereocenters. The third kappa shape index (κ3) is 9.96. The summed E-state index contributed by atoms with van der Waals surface area (Å²) in [6.07, 6.45) is 1.77. The fraction of sp³-hybridized carbons (Fsp3) is 0.0194. The van der Waals surface area contributed by atoms with E-state index in [4.69, 9.17) is 48.8 Å². The van der Waals surface area contributed by atoms with Crippen LogP contribution < -0.4 is 9.47 Å². The Hall–Kier alpha value is -15.1. The van der Waals surface area contributed by atoms with Crippen molar-refractivity contribution in [1.82, 2.24) is 34.9 Å². The number of benzene rings is 15. The summed E-state index contributed by atoms with van der Waals surface area (Å²) in [5.41, 5.74) is 27.4. The van der Waals surface area contributed by atoms with E-state index in [0.717, 1.165) is 140 Å². The maximum atomic E-state index is 7.31. The van der Waals surface area contributed by atoms with Crippen LogP contribution in [-0.2, 0) is 10.8 Å². The van der Waals surface area contributed by atoms with Gasteiger partial charge in [-0.15, -0.1) is 0 Å². The summed E-state index contributed by atoms with van der Waals surface area (Å²) in [6, 6.07) is 128. The summed E-state index contributed by atoms with van der Waals surface area (Å²) in [5.74, 6) is 6.42. The van der Waals surface area contributed by atoms with Crippen molar-refractivity contribution in [3.05, 3.63) is 415 Å². The zero-order valence-electron chi connectivity index (χ0n) is 60.6. The second-order valence-corrected chi connectivity index (χ2v) is 29.3. The Bertz CT molecular complexity index is 7060. The van der Waals surface area contributed by atoms with E-state index in [1.165, 1.54) is 44.5 Å². The highest BCUT2D eigenvalue weighted by atomic mass is 16.5. The van der Waals surface area contributed by atoms with Gasteiger partial charge in [0.25, 0.3) is 0 Å². The second kappa shape index (κ2) is 25.2. The van der Waals surface area contributed by atoms with Crippen molar-refractivity contribution in [2.24, 2.45) is 0 Å². The lowest BCUT2D eigenvalue weighted by atomic mass is 9.65. The molecule has 2 aliphatic carbocycles. The molecule has 4 aliphatic rings. The Morgan fingerprint density at radius 3 is 1.12 bits per heavy atom. The molecule has 0 fully saturated rings. The number of aromatic nitrogens is 7. The molecule has 19 aromatic rings. The molecule has 2 aliphatic heterocycles. The van der Waals surface area contributed by atoms with E-state index < -0.39 is 10.8 Å². The predicted octanol–water partition coefficient (Wildman–Crippen LogP) is 25.0. The molecule has 15 aromatic carbocycles. The quantitative estimate of drug-likeness (QED) is 0.131. The van der Waals surface area contributed by atoms with Gasteiger partial charge in [-0.05, 0) is 150 Å². The number of para-hydroxylation sites is 3. The molecular weight excluding hydrogens is 1380 g/mol. The average Bonchev–Trinajstić information content (AvgIpc) is 1.55. The molecule has 113 heavy (non-hydrogen) atoms. The monoisotopic (exact) mass is 1440 g/mol. The van der Waals surface area contributed by atoms with Crippen LogP contribution in [0.15, 0.2) is 375 Å². The van der Waals surface area contributed by atoms with Crippen LogP contribution in [0, 0.1) is 0 Å². The van der Waals surface area contributed by atoms with E-state index in [2.05, 4.69) is 297 Å². The van der Waals surface area contributed by atoms with Gasteiger partial charge < -0.3 is 13.9 Å². The molecule has 2 spiro atoms. The molecule has 23 rings (SSSR count). The Kier molecular flexibility index (Phi) is 14.3. The highest BCUT2D eigenvalue weighted by Crippen LogP contribution is 2.65. The highest BCUT2D eigenvalue weighted by Gasteiger charge is 2.53. The number of rotatable bonds is 10. The van der Waals surface area contributed by atoms with Gasteiger partial charge in [-0.2, -0.15) is 0 Å². The smallest absolute Gasteiger partial charge is 0.182 e. The Morgan fingerprint density at radius 2 is 0.566 bits per heavy atom. The molecule has 526 valence electrons. The Labute approximate surface area is 650 Å². The van der Waals surface area contributed by atoms with Crippen LogP contribution in [0.2, 0.25) is 0 Å². The molecule has 0 saturated heterocycles. The molecule has 6 heterocycles. The molecule has 0 saturated carbocycles. The number of fused-ring (bicyclic) bond motifs is 21. The van der Waals surface area contributed by atoms with Gasteiger partial charge in [-0.1, -0.05) is 297 Å². The molecule has 0 bridgehead atoms. The summed E-state index contributed by atoms with van der Waals surface area (Å²) in [6.45, 7) is 0. The topological polar surface area (TPSA) is 122 Å². The molecule has 10 heteroatoms. The van der Waals surface area contributed by atoms with Crippen molar-refractivity contribution in [2.45, 2.75) is 10.8 Å². The number of pyridine rings is 1. The van der Waals surface area contributed by atoms with Gasteiger partial charge in [0, 0.05) is 72.6 Å². The van der Waals surface area contributed by atoms with Gasteiger partial charge in [0.05, 0.1) is 10.8 Å². The zero-order valence-corrected chi connectivity index (χ0v) is 60.6. The van der Waals surface area contributed by atoms with Crippen molar-refractivity contribution in [3.63, 3.8) is 0 Å². The largest absolute Gasteiger partial charge is 0.457 e. The number of ether oxygens (including phenoxy) is 2. The first-order valence-corrected chi connectivity index (χ1v) is 38.0. The molecular formula is C103H61N7O3. The predicted molar refractivity (Wildman–Crippen MR) is 447 cm³/mol. The molecule has 0 N–H and O–H groups in total. The van der Waals surface area contributed by atoms with Crippen LogP contribution in [0.3, 0.4) is 0 Å². The van der Waals surface area contributed by atoms with Crippen LogP contribution in [-0.4, -0.2) is 34.9 Å². The van der Waals surface area contributed by atoms with E-state index in [-0.39, 0.29) is 0 Å². The molecule has 4 aromatic heterocycles. The summed E-state index contributed by atoms with van der Waals surface area (Å²) in [4.78, 5) is 36.1. The van der Waals surface area contributed by atoms with Gasteiger partial charge in [-0.25, -0.2) is 29.9 Å². The standard InChI is InChI=1S/C103H61N7O3/c1-2-22-63(23-3-1)96-105-97(64-47-45-62(46-48-64)74-35-21-36-80-79-34-8-14-43-90(79)113-95(74)80)107-98(106-96)71-27-19-25-66(57-71)70-50-53-87-94(61-70)112-92-54-51-68(59-88(92)103(87)83-39-11-6-32-77(83)78-33-7-12-40-84(78)103)65-24-18-28-72(56-65)99-108-100(110-101(109-99)89-42-16-17-55-104-89)73-29-20-26-67(58-73)69-49-52-86-93(60-69)111-91-44-15-13-41-85(91)102(86)81-37-9-4-30-75(81)76-31-5-10-38-82(76)102/h1-61H. The van der Waals surface area contributed by atoms with Gasteiger partial charge >= 0.3 is 0 Å². The summed E-state index contributed by atoms with van der Waals surface area (Å²) < 4.78 is 20.7. The van der Waals surface area contributed by atoms with Gasteiger partial charge in [-0.3, -0.25) is 4.98 Å². The lowest BCUT2D eigenvalue weighted by Crippen LogP contribution is -2.32. The molecule has 0 amide bonds. The van der Waals surface area contributed by atoms with Crippen LogP contribution >= 0.6 is 0 Å². The van der Waals surface area contributed by atoms with Crippen LogP contribution in [0.5, 0.6) is 23.0 Å². The Balaban J connectivity index is 0.595. The summed E-state index contributed by atoms with van der Waals surface area (Å²) >= 11 is 0. The number of furan rings is 1. The first-order valence-electron chi connectivity index (χ1n) is 38.0. The average molecular weight is 1440 g/mol. The minimum absolute atomic E-state index is 0.466. The zero-order chi connectivity index (χ0) is 74.3. The van der Waals surface area contributed by atoms with E-state index in [1.807, 2.05) is 66.7 Å². The maximum absolute atomic E-state index is 7.31. The second-order valence-electron chi connectivity index (χ2n) is 29.3. The fourth-order valence-electron chi connectivity index (χ4n) is 18.2. The van der Waals surface area contributed by atoms with Crippen molar-refractivity contribution in [2.75, 3.05) is 0 Å². The Morgan fingerprint density at radius 1 is 0.204 bits per heavy atom. The number of hydrogen-bond acceptors (Lipinski definition) is 10. The molecule has 0 atom stereocenters. The molecule has 0 radical (unpaired) electrons. The summed E-state index contributed by atoms with van der Waals surface area (Å²) in [5, 5.41) is 2.18. The van der Waals surface area contributed by atoms with E-state index >= 15 is 0 Å². The van der Waals surface area contributed by atoms with E-state index in [1.54, 1.807) is 6.20 Å². The highest BCUT2D eigenvalue weighted by molar-refractivity contribution is 6.09. The van der Waals surface area contributed by atoms with E-state index in [9.17, 15) is 0 Å². The van der Waals surface area contributed by atoms with Gasteiger partial charge in [0.15, 0.2) is 34.9 Å². The van der Waals surface area contributed by atoms with E-state index in [0.29, 0.717) is 40.6 Å². The molecule has 10 nitrogen and oxygen atoms in total. The number of nitrogens with zero attached hydrogens (tertiary/aromatic N) is 7. The van der Waals surface area contributed by atoms with Gasteiger partial charge in [0.2, 0.25) is 0 Å². The van der Waals surface area contributed by atoms with Crippen molar-refractivity contribution in [1.29, 1.82) is 0 Å². The minimum Gasteiger partial charge on any atom is -0.457 e. The van der Waals surface area contributed by atoms with Crippen molar-refractivity contribution < 1.29 is 13.9 Å². The lowest BCUT2D eigenvalue weighted by molar-refractivity contribution is 0.436. The summed E-state index contributed by atoms with van der Waals surface area (Å²) in [7, 11) is 0. The van der Waals surface area contributed by atoms with Crippen LogP contribution in [0.1, 0.15) is 44.5 Å². The third-order valence-corrected chi connectivity index (χ3v) is 23.2. The fourth-order valence-corrected chi connectivity index (χ4v) is 18.2. The minimum atomic E-state index is -0.762. The van der Waals surface area contributed by atoms with Crippen molar-refractivity contribution >= 4 is 21.9 Å². The van der Waals surface area contributed by atoms with Crippen molar-refractivity contribution in [3.8, 4) is 158 Å². The SMILES string of the molecule is c1ccc(-c2nc(-c3ccc(-c4cccc5c4oc4ccccc45)cc3)nc(-c3cccc(-c4ccc5c(c4)Oc4ccc(-c6cccc(-c7nc(-c8cccc(-c9ccc%10c(c9)Oc9ccccc9C%109c%10ccccc%10-c%10ccccc%109)c8)nc(-c8ccccn8)n7)c6)cc4C54c5ccccc5-c5ccccc54)c3)n2)cc1. The van der Waals surface area contributed by atoms with Crippen LogP contribution in [0.25, 0.3) is 157 Å². The van der Waals surface area contributed by atoms with Gasteiger partial charge in [0.1, 0.15) is 39.9 Å². The number of hydrogen-bond donors (Lipinski definition) is 0. The first kappa shape index (κ1) is 63.9. The third-order valence-electron chi connectivity index (χ3n) is 23.2. The normalized spacial score (nSPS) is 13.2. The van der Waals surface area contributed by atoms with Crippen LogP contribution in [0.4, 0.5) is 0 Å².